The Morgan fingerprint density at radius 3 is 2.35 bits per heavy atom. The molecule has 2 amide bonds. The third kappa shape index (κ3) is 3.75. The van der Waals surface area contributed by atoms with Gasteiger partial charge in [-0.25, -0.2) is 4.79 Å². The molecule has 2 aliphatic rings. The van der Waals surface area contributed by atoms with Gasteiger partial charge in [0.05, 0.1) is 0 Å². The first-order chi connectivity index (χ1) is 12.7. The normalized spacial score (nSPS) is 25.0. The van der Waals surface area contributed by atoms with Gasteiger partial charge in [0.1, 0.15) is 0 Å². The van der Waals surface area contributed by atoms with Gasteiger partial charge in [0.2, 0.25) is 0 Å². The summed E-state index contributed by atoms with van der Waals surface area (Å²) in [6.45, 7) is 3.04. The van der Waals surface area contributed by atoms with Crippen molar-refractivity contribution in [3.8, 4) is 0 Å². The average molecular weight is 349 g/mol. The zero-order valence-electron chi connectivity index (χ0n) is 15.3. The predicted octanol–water partition coefficient (Wildman–Crippen LogP) is 4.31. The zero-order valence-corrected chi connectivity index (χ0v) is 15.3. The number of piperidine rings is 1. The largest absolute Gasteiger partial charge is 0.335 e. The quantitative estimate of drug-likeness (QED) is 0.864. The lowest BCUT2D eigenvalue weighted by molar-refractivity contribution is 0.112. The van der Waals surface area contributed by atoms with Crippen molar-refractivity contribution in [1.82, 2.24) is 10.2 Å². The Hall–Kier alpha value is -2.33. The van der Waals surface area contributed by atoms with Gasteiger partial charge in [-0.1, -0.05) is 48.5 Å². The number of benzene rings is 2. The van der Waals surface area contributed by atoms with Crippen LogP contribution in [0, 0.1) is 6.92 Å². The number of urea groups is 1. The molecule has 4 nitrogen and oxygen atoms in total. The standard InChI is InChI=1S/C22H27N3O/c1-16-7-5-6-10-21(16)24-22(26)23-18-13-19-11-12-20(14-18)25(19)15-17-8-3-2-4-9-17/h2-10,18-20H,11-15H2,1H3,(H2,23,24,26)/t19-,20-/m1/s1. The van der Waals surface area contributed by atoms with E-state index in [2.05, 4.69) is 45.9 Å². The Morgan fingerprint density at radius 2 is 1.65 bits per heavy atom. The number of carbonyl (C=O) groups is 1. The second kappa shape index (κ2) is 7.50. The van der Waals surface area contributed by atoms with Gasteiger partial charge in [-0.15, -0.1) is 0 Å². The number of anilines is 1. The van der Waals surface area contributed by atoms with Crippen LogP contribution in [0.1, 0.15) is 36.8 Å². The Bertz CT molecular complexity index is 747. The van der Waals surface area contributed by atoms with Crippen molar-refractivity contribution in [2.24, 2.45) is 0 Å². The number of hydrogen-bond donors (Lipinski definition) is 2. The number of rotatable bonds is 4. The molecule has 2 aliphatic heterocycles. The van der Waals surface area contributed by atoms with E-state index in [9.17, 15) is 4.79 Å². The van der Waals surface area contributed by atoms with Crippen molar-refractivity contribution in [2.45, 2.75) is 57.3 Å². The summed E-state index contributed by atoms with van der Waals surface area (Å²) in [7, 11) is 0. The van der Waals surface area contributed by atoms with Gasteiger partial charge in [0, 0.05) is 30.4 Å². The third-order valence-corrected chi connectivity index (χ3v) is 5.82. The van der Waals surface area contributed by atoms with E-state index >= 15 is 0 Å². The van der Waals surface area contributed by atoms with E-state index in [0.29, 0.717) is 12.1 Å². The minimum atomic E-state index is -0.0831. The minimum absolute atomic E-state index is 0.0831. The first-order valence-electron chi connectivity index (χ1n) is 9.62. The number of aryl methyl sites for hydroxylation is 1. The van der Waals surface area contributed by atoms with Crippen LogP contribution in [0.2, 0.25) is 0 Å². The van der Waals surface area contributed by atoms with Crippen molar-refractivity contribution in [3.05, 3.63) is 65.7 Å². The van der Waals surface area contributed by atoms with Crippen molar-refractivity contribution < 1.29 is 4.79 Å². The van der Waals surface area contributed by atoms with Gasteiger partial charge in [-0.2, -0.15) is 0 Å². The lowest BCUT2D eigenvalue weighted by atomic mass is 9.96. The van der Waals surface area contributed by atoms with Crippen LogP contribution < -0.4 is 10.6 Å². The molecule has 0 unspecified atom stereocenters. The minimum Gasteiger partial charge on any atom is -0.335 e. The van der Waals surface area contributed by atoms with Gasteiger partial charge >= 0.3 is 6.03 Å². The molecule has 2 bridgehead atoms. The highest BCUT2D eigenvalue weighted by molar-refractivity contribution is 5.90. The van der Waals surface area contributed by atoms with Gasteiger partial charge in [-0.05, 0) is 49.8 Å². The topological polar surface area (TPSA) is 44.4 Å². The van der Waals surface area contributed by atoms with E-state index in [4.69, 9.17) is 0 Å². The smallest absolute Gasteiger partial charge is 0.319 e. The second-order valence-corrected chi connectivity index (χ2v) is 7.62. The van der Waals surface area contributed by atoms with Crippen LogP contribution in [-0.4, -0.2) is 29.1 Å². The Kier molecular flexibility index (Phi) is 4.93. The van der Waals surface area contributed by atoms with E-state index in [1.165, 1.54) is 18.4 Å². The van der Waals surface area contributed by atoms with Crippen molar-refractivity contribution >= 4 is 11.7 Å². The molecule has 2 heterocycles. The van der Waals surface area contributed by atoms with Crippen LogP contribution in [0.3, 0.4) is 0 Å². The first kappa shape index (κ1) is 17.1. The highest BCUT2D eigenvalue weighted by Gasteiger charge is 2.40. The molecular formula is C22H27N3O. The zero-order chi connectivity index (χ0) is 17.9. The Balaban J connectivity index is 1.34. The van der Waals surface area contributed by atoms with E-state index in [1.807, 2.05) is 31.2 Å². The molecule has 4 heteroatoms. The maximum absolute atomic E-state index is 12.4. The van der Waals surface area contributed by atoms with E-state index < -0.39 is 0 Å². The molecule has 2 atom stereocenters. The van der Waals surface area contributed by atoms with E-state index in [0.717, 1.165) is 30.6 Å². The molecule has 2 N–H and O–H groups in total. The fourth-order valence-electron chi connectivity index (χ4n) is 4.50. The fraction of sp³-hybridized carbons (Fsp3) is 0.409. The number of carbonyl (C=O) groups excluding carboxylic acids is 1. The van der Waals surface area contributed by atoms with Crippen molar-refractivity contribution in [1.29, 1.82) is 0 Å². The molecule has 136 valence electrons. The molecule has 2 saturated heterocycles. The lowest BCUT2D eigenvalue weighted by Crippen LogP contribution is -2.50. The van der Waals surface area contributed by atoms with Crippen LogP contribution in [0.15, 0.2) is 54.6 Å². The van der Waals surface area contributed by atoms with Gasteiger partial charge in [0.15, 0.2) is 0 Å². The SMILES string of the molecule is Cc1ccccc1NC(=O)NC1C[C@H]2CC[C@H](C1)N2Cc1ccccc1. The summed E-state index contributed by atoms with van der Waals surface area (Å²) in [6, 6.07) is 19.9. The molecule has 0 aromatic heterocycles. The van der Waals surface area contributed by atoms with Crippen LogP contribution in [-0.2, 0) is 6.54 Å². The fourth-order valence-corrected chi connectivity index (χ4v) is 4.50. The molecule has 2 aromatic carbocycles. The molecule has 0 aliphatic carbocycles. The number of fused-ring (bicyclic) bond motifs is 2. The highest BCUT2D eigenvalue weighted by atomic mass is 16.2. The average Bonchev–Trinajstić information content (AvgIpc) is 2.87. The lowest BCUT2D eigenvalue weighted by Gasteiger charge is -2.39. The number of amides is 2. The highest BCUT2D eigenvalue weighted by Crippen LogP contribution is 2.36. The molecule has 26 heavy (non-hydrogen) atoms. The van der Waals surface area contributed by atoms with Crippen LogP contribution >= 0.6 is 0 Å². The molecule has 0 radical (unpaired) electrons. The molecule has 2 fully saturated rings. The van der Waals surface area contributed by atoms with Crippen molar-refractivity contribution in [3.63, 3.8) is 0 Å². The maximum Gasteiger partial charge on any atom is 0.319 e. The Labute approximate surface area is 155 Å². The maximum atomic E-state index is 12.4. The van der Waals surface area contributed by atoms with Crippen LogP contribution in [0.4, 0.5) is 10.5 Å². The van der Waals surface area contributed by atoms with Gasteiger partial charge in [-0.3, -0.25) is 4.90 Å². The molecule has 2 aromatic rings. The molecule has 4 rings (SSSR count). The summed E-state index contributed by atoms with van der Waals surface area (Å²) in [4.78, 5) is 15.0. The van der Waals surface area contributed by atoms with Crippen LogP contribution in [0.5, 0.6) is 0 Å². The van der Waals surface area contributed by atoms with Crippen molar-refractivity contribution in [2.75, 3.05) is 5.32 Å². The van der Waals surface area contributed by atoms with E-state index in [1.54, 1.807) is 0 Å². The summed E-state index contributed by atoms with van der Waals surface area (Å²) in [5.41, 5.74) is 3.35. The second-order valence-electron chi connectivity index (χ2n) is 7.62. The molecule has 0 spiro atoms. The predicted molar refractivity (Wildman–Crippen MR) is 105 cm³/mol. The number of hydrogen-bond acceptors (Lipinski definition) is 2. The monoisotopic (exact) mass is 349 g/mol. The van der Waals surface area contributed by atoms with Gasteiger partial charge < -0.3 is 10.6 Å². The first-order valence-corrected chi connectivity index (χ1v) is 9.62. The summed E-state index contributed by atoms with van der Waals surface area (Å²) < 4.78 is 0. The Morgan fingerprint density at radius 1 is 1.00 bits per heavy atom. The summed E-state index contributed by atoms with van der Waals surface area (Å²) in [6.07, 6.45) is 4.58. The summed E-state index contributed by atoms with van der Waals surface area (Å²) in [5, 5.41) is 6.20. The number of nitrogens with zero attached hydrogens (tertiary/aromatic N) is 1. The molecule has 0 saturated carbocycles. The summed E-state index contributed by atoms with van der Waals surface area (Å²) in [5.74, 6) is 0. The summed E-state index contributed by atoms with van der Waals surface area (Å²) >= 11 is 0. The van der Waals surface area contributed by atoms with Gasteiger partial charge in [0.25, 0.3) is 0 Å². The van der Waals surface area contributed by atoms with E-state index in [-0.39, 0.29) is 12.1 Å². The number of para-hydroxylation sites is 1. The third-order valence-electron chi connectivity index (χ3n) is 5.82. The number of nitrogens with one attached hydrogen (secondary N) is 2. The van der Waals surface area contributed by atoms with Crippen LogP contribution in [0.25, 0.3) is 0 Å². The molecular weight excluding hydrogens is 322 g/mol.